The molecule has 0 spiro atoms. The predicted molar refractivity (Wildman–Crippen MR) is 97.7 cm³/mol. The van der Waals surface area contributed by atoms with Crippen molar-refractivity contribution in [1.82, 2.24) is 0 Å². The van der Waals surface area contributed by atoms with E-state index in [1.165, 1.54) is 5.57 Å². The Morgan fingerprint density at radius 2 is 2.00 bits per heavy atom. The maximum atomic E-state index is 12.7. The minimum atomic E-state index is -0.216. The fourth-order valence-corrected chi connectivity index (χ4v) is 4.21. The average Bonchev–Trinajstić information content (AvgIpc) is 2.94. The normalized spacial score (nSPS) is 24.6. The largest absolute Gasteiger partial charge is 0.507 e. The van der Waals surface area contributed by atoms with Crippen LogP contribution in [-0.2, 0) is 0 Å². The number of ketones is 1. The first-order valence-electron chi connectivity index (χ1n) is 9.09. The maximum absolute atomic E-state index is 12.7. The van der Waals surface area contributed by atoms with Crippen molar-refractivity contribution in [1.29, 1.82) is 0 Å². The van der Waals surface area contributed by atoms with Crippen LogP contribution in [-0.4, -0.2) is 24.1 Å². The van der Waals surface area contributed by atoms with Crippen molar-refractivity contribution in [2.45, 2.75) is 53.1 Å². The summed E-state index contributed by atoms with van der Waals surface area (Å²) in [5.74, 6) is 1.80. The summed E-state index contributed by atoms with van der Waals surface area (Å²) >= 11 is 0. The third-order valence-corrected chi connectivity index (χ3v) is 5.63. The molecule has 0 aromatic heterocycles. The zero-order valence-electron chi connectivity index (χ0n) is 15.9. The molecule has 0 bridgehead atoms. The molecule has 1 aromatic carbocycles. The molecule has 1 N–H and O–H groups in total. The fourth-order valence-electron chi connectivity index (χ4n) is 4.21. The second-order valence-electron chi connectivity index (χ2n) is 7.89. The lowest BCUT2D eigenvalue weighted by molar-refractivity contribution is 0.0930. The van der Waals surface area contributed by atoms with E-state index in [2.05, 4.69) is 26.8 Å². The number of Topliss-reactive ketones (excluding diaryl/α,β-unsaturated/α-hetero) is 1. The van der Waals surface area contributed by atoms with E-state index in [0.29, 0.717) is 28.9 Å². The number of benzene rings is 1. The molecule has 1 aliphatic carbocycles. The molecule has 1 aliphatic heterocycles. The van der Waals surface area contributed by atoms with E-state index in [9.17, 15) is 9.90 Å². The van der Waals surface area contributed by atoms with Gasteiger partial charge in [0.1, 0.15) is 28.9 Å². The number of ether oxygens (including phenoxy) is 2. The van der Waals surface area contributed by atoms with E-state index >= 15 is 0 Å². The van der Waals surface area contributed by atoms with Crippen LogP contribution < -0.4 is 9.47 Å². The third kappa shape index (κ3) is 2.72. The summed E-state index contributed by atoms with van der Waals surface area (Å²) < 4.78 is 11.9. The van der Waals surface area contributed by atoms with Gasteiger partial charge in [-0.15, -0.1) is 0 Å². The van der Waals surface area contributed by atoms with Crippen LogP contribution in [0.2, 0.25) is 0 Å². The first-order valence-corrected chi connectivity index (χ1v) is 9.09. The van der Waals surface area contributed by atoms with Crippen molar-refractivity contribution in [3.63, 3.8) is 0 Å². The van der Waals surface area contributed by atoms with Crippen LogP contribution in [0.15, 0.2) is 17.7 Å². The molecular weight excluding hydrogens is 316 g/mol. The zero-order valence-corrected chi connectivity index (χ0v) is 15.9. The molecule has 1 heterocycles. The second kappa shape index (κ2) is 6.40. The highest BCUT2D eigenvalue weighted by Crippen LogP contribution is 2.56. The van der Waals surface area contributed by atoms with Crippen LogP contribution in [0, 0.1) is 17.8 Å². The molecule has 3 rings (SSSR count). The van der Waals surface area contributed by atoms with Gasteiger partial charge in [0.15, 0.2) is 5.78 Å². The van der Waals surface area contributed by atoms with E-state index in [1.807, 2.05) is 13.8 Å². The molecule has 0 radical (unpaired) electrons. The lowest BCUT2D eigenvalue weighted by Crippen LogP contribution is -2.32. The van der Waals surface area contributed by atoms with Crippen LogP contribution >= 0.6 is 0 Å². The van der Waals surface area contributed by atoms with Crippen molar-refractivity contribution in [3.05, 3.63) is 28.8 Å². The third-order valence-electron chi connectivity index (χ3n) is 5.63. The highest BCUT2D eigenvalue weighted by atomic mass is 16.5. The molecule has 0 amide bonds. The Morgan fingerprint density at radius 1 is 1.32 bits per heavy atom. The number of fused-ring (bicyclic) bond motifs is 3. The zero-order chi connectivity index (χ0) is 18.5. The van der Waals surface area contributed by atoms with E-state index in [1.54, 1.807) is 13.2 Å². The van der Waals surface area contributed by atoms with Gasteiger partial charge in [-0.25, -0.2) is 0 Å². The average molecular weight is 344 g/mol. The predicted octanol–water partition coefficient (Wildman–Crippen LogP) is 4.71. The number of phenols is 1. The molecule has 1 aromatic rings. The number of carbonyl (C=O) groups excluding carboxylic acids is 1. The number of allylic oxidation sites excluding steroid dienone is 1. The van der Waals surface area contributed by atoms with Gasteiger partial charge in [0.05, 0.1) is 7.11 Å². The quantitative estimate of drug-likeness (QED) is 0.635. The van der Waals surface area contributed by atoms with Gasteiger partial charge in [-0.3, -0.25) is 4.79 Å². The minimum Gasteiger partial charge on any atom is -0.507 e. The molecule has 0 unspecified atom stereocenters. The number of hydrogen-bond acceptors (Lipinski definition) is 4. The number of phenolic OH excluding ortho intramolecular Hbond substituents is 1. The molecule has 25 heavy (non-hydrogen) atoms. The van der Waals surface area contributed by atoms with Crippen LogP contribution in [0.4, 0.5) is 0 Å². The molecule has 3 atom stereocenters. The first kappa shape index (κ1) is 17.8. The Labute approximate surface area is 149 Å². The Bertz CT molecular complexity index is 730. The molecule has 0 saturated heterocycles. The van der Waals surface area contributed by atoms with Crippen LogP contribution in [0.3, 0.4) is 0 Å². The van der Waals surface area contributed by atoms with Crippen molar-refractivity contribution in [3.8, 4) is 17.2 Å². The van der Waals surface area contributed by atoms with Gasteiger partial charge in [-0.05, 0) is 30.8 Å². The van der Waals surface area contributed by atoms with Crippen molar-refractivity contribution in [2.75, 3.05) is 7.11 Å². The lowest BCUT2D eigenvalue weighted by Gasteiger charge is -2.34. The topological polar surface area (TPSA) is 55.8 Å². The molecule has 4 nitrogen and oxygen atoms in total. The maximum Gasteiger partial charge on any atom is 0.172 e. The SMILES string of the molecule is COc1cc(O)c(C(=O)C(C)C)c2c1[C@@H]1[C@@H](C(C)C)CC=C(C)[C@@H]1O2. The van der Waals surface area contributed by atoms with Crippen molar-refractivity contribution in [2.24, 2.45) is 17.8 Å². The minimum absolute atomic E-state index is 0.0596. The van der Waals surface area contributed by atoms with E-state index in [0.717, 1.165) is 12.0 Å². The molecule has 2 aliphatic rings. The van der Waals surface area contributed by atoms with Gasteiger partial charge in [-0.2, -0.15) is 0 Å². The van der Waals surface area contributed by atoms with Crippen molar-refractivity contribution >= 4 is 5.78 Å². The van der Waals surface area contributed by atoms with Gasteiger partial charge in [0.25, 0.3) is 0 Å². The van der Waals surface area contributed by atoms with E-state index in [-0.39, 0.29) is 29.5 Å². The van der Waals surface area contributed by atoms with E-state index in [4.69, 9.17) is 9.47 Å². The Kier molecular flexibility index (Phi) is 4.56. The van der Waals surface area contributed by atoms with Gasteiger partial charge in [-0.1, -0.05) is 33.8 Å². The molecule has 4 heteroatoms. The highest BCUT2D eigenvalue weighted by Gasteiger charge is 2.47. The lowest BCUT2D eigenvalue weighted by atomic mass is 9.70. The second-order valence-corrected chi connectivity index (χ2v) is 7.89. The smallest absolute Gasteiger partial charge is 0.172 e. The highest BCUT2D eigenvalue weighted by molar-refractivity contribution is 6.03. The summed E-state index contributed by atoms with van der Waals surface area (Å²) in [4.78, 5) is 12.7. The Hall–Kier alpha value is -1.97. The van der Waals surface area contributed by atoms with Gasteiger partial charge in [0.2, 0.25) is 0 Å². The molecule has 0 saturated carbocycles. The summed E-state index contributed by atoms with van der Waals surface area (Å²) in [5.41, 5.74) is 2.43. The number of rotatable bonds is 4. The summed E-state index contributed by atoms with van der Waals surface area (Å²) in [5, 5.41) is 10.5. The first-order chi connectivity index (χ1) is 11.8. The monoisotopic (exact) mass is 344 g/mol. The molecular formula is C21H28O4. The fraction of sp³-hybridized carbons (Fsp3) is 0.571. The molecule has 0 fully saturated rings. The summed E-state index contributed by atoms with van der Waals surface area (Å²) in [7, 11) is 1.60. The Morgan fingerprint density at radius 3 is 2.56 bits per heavy atom. The van der Waals surface area contributed by atoms with Gasteiger partial charge >= 0.3 is 0 Å². The van der Waals surface area contributed by atoms with Crippen molar-refractivity contribution < 1.29 is 19.4 Å². The van der Waals surface area contributed by atoms with Crippen LogP contribution in [0.5, 0.6) is 17.2 Å². The summed E-state index contributed by atoms with van der Waals surface area (Å²) in [6.07, 6.45) is 3.14. The van der Waals surface area contributed by atoms with Gasteiger partial charge in [0, 0.05) is 23.5 Å². The number of aromatic hydroxyl groups is 1. The molecule has 136 valence electrons. The van der Waals surface area contributed by atoms with Crippen LogP contribution in [0.25, 0.3) is 0 Å². The van der Waals surface area contributed by atoms with Gasteiger partial charge < -0.3 is 14.6 Å². The summed E-state index contributed by atoms with van der Waals surface area (Å²) in [6, 6.07) is 1.57. The van der Waals surface area contributed by atoms with E-state index < -0.39 is 0 Å². The summed E-state index contributed by atoms with van der Waals surface area (Å²) in [6.45, 7) is 10.2. The number of methoxy groups -OCH3 is 1. The standard InChI is InChI=1S/C21H28O4/c1-10(2)13-8-7-12(5)20-16(13)18-15(24-6)9-14(22)17(21(18)25-20)19(23)11(3)4/h7,9-11,13,16,20,22H,8H2,1-6H3/t13-,16+,20+/m1/s1. The van der Waals surface area contributed by atoms with Crippen LogP contribution in [0.1, 0.15) is 62.9 Å². The number of carbonyl (C=O) groups is 1. The Balaban J connectivity index is 2.25. The number of hydrogen-bond donors (Lipinski definition) is 1.